The van der Waals surface area contributed by atoms with E-state index in [-0.39, 0.29) is 23.6 Å². The number of hydrogen-bond donors (Lipinski definition) is 1. The van der Waals surface area contributed by atoms with E-state index in [1.807, 2.05) is 36.4 Å². The second-order valence-corrected chi connectivity index (χ2v) is 8.41. The van der Waals surface area contributed by atoms with Crippen molar-refractivity contribution in [2.24, 2.45) is 0 Å². The Hall–Kier alpha value is -1.53. The van der Waals surface area contributed by atoms with Crippen LogP contribution in [0.4, 0.5) is 0 Å². The summed E-state index contributed by atoms with van der Waals surface area (Å²) in [6.07, 6.45) is 1.09. The number of thioether (sulfide) groups is 1. The van der Waals surface area contributed by atoms with Gasteiger partial charge < -0.3 is 10.2 Å². The van der Waals surface area contributed by atoms with Crippen molar-refractivity contribution in [3.05, 3.63) is 66.2 Å². The first kappa shape index (κ1) is 21.2. The van der Waals surface area contributed by atoms with E-state index < -0.39 is 0 Å². The highest BCUT2D eigenvalue weighted by Gasteiger charge is 2.34. The number of hydrogen-bond acceptors (Lipinski definition) is 4. The van der Waals surface area contributed by atoms with Gasteiger partial charge in [0.25, 0.3) is 0 Å². The molecule has 0 spiro atoms. The molecule has 0 aliphatic carbocycles. The fourth-order valence-corrected chi connectivity index (χ4v) is 5.11. The van der Waals surface area contributed by atoms with E-state index in [9.17, 15) is 4.79 Å². The molecule has 28 heavy (non-hydrogen) atoms. The first-order valence-electron chi connectivity index (χ1n) is 9.81. The summed E-state index contributed by atoms with van der Waals surface area (Å²) in [6.45, 7) is 6.02. The molecule has 6 heteroatoms. The summed E-state index contributed by atoms with van der Waals surface area (Å²) in [5.74, 6) is 0.243. The molecule has 0 saturated carbocycles. The van der Waals surface area contributed by atoms with Crippen LogP contribution < -0.4 is 5.32 Å². The molecule has 2 unspecified atom stereocenters. The van der Waals surface area contributed by atoms with Crippen LogP contribution in [0.15, 0.2) is 65.6 Å². The van der Waals surface area contributed by atoms with Crippen molar-refractivity contribution in [2.45, 2.75) is 22.6 Å². The van der Waals surface area contributed by atoms with Crippen LogP contribution in [-0.2, 0) is 4.79 Å². The number of benzene rings is 2. The quantitative estimate of drug-likeness (QED) is 0.756. The van der Waals surface area contributed by atoms with Crippen molar-refractivity contribution in [2.75, 3.05) is 39.3 Å². The maximum absolute atomic E-state index is 13.5. The molecule has 1 N–H and O–H groups in total. The van der Waals surface area contributed by atoms with Crippen molar-refractivity contribution in [1.82, 2.24) is 15.1 Å². The van der Waals surface area contributed by atoms with Crippen LogP contribution in [0.1, 0.15) is 17.2 Å². The molecule has 150 valence electrons. The molecule has 0 aromatic heterocycles. The molecule has 4 nitrogen and oxygen atoms in total. The standard InChI is InChI=1S/C22H27N3OS.ClH/c26-22(25-14-11-19(17-25)24-15-12-23-13-16-24)21(18-7-3-1-4-8-18)27-20-9-5-2-6-10-20;/h1-10,19,21,23H,11-17H2;1H. The Kier molecular flexibility index (Phi) is 7.80. The van der Waals surface area contributed by atoms with Gasteiger partial charge in [-0.1, -0.05) is 48.5 Å². The molecular weight excluding hydrogens is 390 g/mol. The first-order chi connectivity index (χ1) is 13.3. The molecular formula is C22H28ClN3OS. The summed E-state index contributed by atoms with van der Waals surface area (Å²) < 4.78 is 0. The van der Waals surface area contributed by atoms with Gasteiger partial charge >= 0.3 is 0 Å². The van der Waals surface area contributed by atoms with Crippen LogP contribution >= 0.6 is 24.2 Å². The molecule has 1 amide bonds. The van der Waals surface area contributed by atoms with E-state index in [0.717, 1.165) is 56.1 Å². The largest absolute Gasteiger partial charge is 0.340 e. The number of piperazine rings is 1. The Morgan fingerprint density at radius 2 is 1.61 bits per heavy atom. The summed E-state index contributed by atoms with van der Waals surface area (Å²) in [6, 6.07) is 21.0. The van der Waals surface area contributed by atoms with Crippen LogP contribution in [0.5, 0.6) is 0 Å². The van der Waals surface area contributed by atoms with E-state index in [4.69, 9.17) is 0 Å². The van der Waals surface area contributed by atoms with Crippen LogP contribution in [0, 0.1) is 0 Å². The molecule has 2 saturated heterocycles. The summed E-state index contributed by atoms with van der Waals surface area (Å²) in [7, 11) is 0. The van der Waals surface area contributed by atoms with Crippen LogP contribution in [0.25, 0.3) is 0 Å². The van der Waals surface area contributed by atoms with Crippen molar-refractivity contribution < 1.29 is 4.79 Å². The van der Waals surface area contributed by atoms with Gasteiger partial charge in [-0.05, 0) is 24.1 Å². The van der Waals surface area contributed by atoms with Gasteiger partial charge in [-0.3, -0.25) is 9.69 Å². The van der Waals surface area contributed by atoms with Gasteiger partial charge in [-0.2, -0.15) is 0 Å². The molecule has 4 rings (SSSR count). The Balaban J connectivity index is 0.00000225. The van der Waals surface area contributed by atoms with E-state index in [0.29, 0.717) is 6.04 Å². The molecule has 2 aliphatic heterocycles. The number of amides is 1. The normalized spacial score (nSPS) is 21.1. The lowest BCUT2D eigenvalue weighted by Crippen LogP contribution is -2.49. The number of carbonyl (C=O) groups is 1. The van der Waals surface area contributed by atoms with E-state index >= 15 is 0 Å². The lowest BCUT2D eigenvalue weighted by molar-refractivity contribution is -0.129. The summed E-state index contributed by atoms with van der Waals surface area (Å²) in [5, 5.41) is 3.23. The zero-order chi connectivity index (χ0) is 18.5. The fourth-order valence-electron chi connectivity index (χ4n) is 3.98. The van der Waals surface area contributed by atoms with E-state index in [1.54, 1.807) is 11.8 Å². The summed E-state index contributed by atoms with van der Waals surface area (Å²) >= 11 is 1.66. The molecule has 2 atom stereocenters. The molecule has 2 aromatic carbocycles. The third-order valence-electron chi connectivity index (χ3n) is 5.47. The fraction of sp³-hybridized carbons (Fsp3) is 0.409. The zero-order valence-electron chi connectivity index (χ0n) is 16.0. The van der Waals surface area contributed by atoms with Gasteiger partial charge in [-0.25, -0.2) is 0 Å². The van der Waals surface area contributed by atoms with Crippen molar-refractivity contribution in [1.29, 1.82) is 0 Å². The molecule has 2 heterocycles. The number of carbonyl (C=O) groups excluding carboxylic acids is 1. The zero-order valence-corrected chi connectivity index (χ0v) is 17.6. The second kappa shape index (κ2) is 10.3. The maximum Gasteiger partial charge on any atom is 0.240 e. The first-order valence-corrected chi connectivity index (χ1v) is 10.7. The minimum Gasteiger partial charge on any atom is -0.340 e. The Labute approximate surface area is 178 Å². The number of likely N-dealkylation sites (tertiary alicyclic amines) is 1. The lowest BCUT2D eigenvalue weighted by Gasteiger charge is -2.32. The second-order valence-electron chi connectivity index (χ2n) is 7.23. The third-order valence-corrected chi connectivity index (χ3v) is 6.72. The van der Waals surface area contributed by atoms with Crippen LogP contribution in [-0.4, -0.2) is 61.0 Å². The predicted octanol–water partition coefficient (Wildman–Crippen LogP) is 3.45. The minimum atomic E-state index is -0.185. The van der Waals surface area contributed by atoms with Gasteiger partial charge in [0, 0.05) is 50.2 Å². The monoisotopic (exact) mass is 417 g/mol. The number of halogens is 1. The average Bonchev–Trinajstić information content (AvgIpc) is 3.24. The van der Waals surface area contributed by atoms with Crippen molar-refractivity contribution >= 4 is 30.1 Å². The molecule has 2 aromatic rings. The Morgan fingerprint density at radius 1 is 0.964 bits per heavy atom. The molecule has 2 aliphatic rings. The van der Waals surface area contributed by atoms with E-state index in [1.165, 1.54) is 0 Å². The number of nitrogens with zero attached hydrogens (tertiary/aromatic N) is 2. The van der Waals surface area contributed by atoms with Crippen LogP contribution in [0.3, 0.4) is 0 Å². The maximum atomic E-state index is 13.5. The Morgan fingerprint density at radius 3 is 2.29 bits per heavy atom. The van der Waals surface area contributed by atoms with Crippen LogP contribution in [0.2, 0.25) is 0 Å². The van der Waals surface area contributed by atoms with Gasteiger partial charge in [0.05, 0.1) is 0 Å². The average molecular weight is 418 g/mol. The third kappa shape index (κ3) is 5.09. The van der Waals surface area contributed by atoms with Gasteiger partial charge in [-0.15, -0.1) is 24.2 Å². The Bertz CT molecular complexity index is 740. The summed E-state index contributed by atoms with van der Waals surface area (Å²) in [5.41, 5.74) is 1.09. The number of nitrogens with one attached hydrogen (secondary N) is 1. The van der Waals surface area contributed by atoms with Crippen molar-refractivity contribution in [3.63, 3.8) is 0 Å². The van der Waals surface area contributed by atoms with Gasteiger partial charge in [0.1, 0.15) is 5.25 Å². The lowest BCUT2D eigenvalue weighted by atomic mass is 10.1. The summed E-state index contributed by atoms with van der Waals surface area (Å²) in [4.78, 5) is 19.2. The molecule has 2 fully saturated rings. The predicted molar refractivity (Wildman–Crippen MR) is 118 cm³/mol. The highest BCUT2D eigenvalue weighted by atomic mass is 35.5. The SMILES string of the molecule is Cl.O=C(C(Sc1ccccc1)c1ccccc1)N1CCC(N2CCNCC2)C1. The van der Waals surface area contributed by atoms with E-state index in [2.05, 4.69) is 39.4 Å². The van der Waals surface area contributed by atoms with Gasteiger partial charge in [0.2, 0.25) is 5.91 Å². The van der Waals surface area contributed by atoms with Gasteiger partial charge in [0.15, 0.2) is 0 Å². The van der Waals surface area contributed by atoms with Crippen molar-refractivity contribution in [3.8, 4) is 0 Å². The highest BCUT2D eigenvalue weighted by molar-refractivity contribution is 8.00. The highest BCUT2D eigenvalue weighted by Crippen LogP contribution is 2.37. The number of rotatable bonds is 5. The molecule has 0 radical (unpaired) electrons. The topological polar surface area (TPSA) is 35.6 Å². The molecule has 0 bridgehead atoms. The smallest absolute Gasteiger partial charge is 0.240 e. The minimum absolute atomic E-state index is 0.